The van der Waals surface area contributed by atoms with Gasteiger partial charge in [-0.15, -0.1) is 24.8 Å². The minimum atomic E-state index is -0.577. The van der Waals surface area contributed by atoms with Gasteiger partial charge in [0.2, 0.25) is 5.91 Å². The van der Waals surface area contributed by atoms with Crippen LogP contribution in [-0.2, 0) is 4.79 Å². The van der Waals surface area contributed by atoms with Gasteiger partial charge in [0.25, 0.3) is 0 Å². The van der Waals surface area contributed by atoms with E-state index in [0.29, 0.717) is 0 Å². The first-order valence-electron chi connectivity index (χ1n) is 7.18. The first-order chi connectivity index (χ1) is 9.60. The molecule has 2 fully saturated rings. The van der Waals surface area contributed by atoms with Crippen LogP contribution >= 0.6 is 36.4 Å². The van der Waals surface area contributed by atoms with Crippen molar-refractivity contribution in [3.8, 4) is 0 Å². The molecule has 1 saturated carbocycles. The molecule has 124 valence electrons. The number of nitrogens with two attached hydrogens (primary N) is 1. The van der Waals surface area contributed by atoms with E-state index < -0.39 is 5.54 Å². The lowest BCUT2D eigenvalue weighted by Crippen LogP contribution is -2.62. The summed E-state index contributed by atoms with van der Waals surface area (Å²) in [6, 6.07) is 7.84. The summed E-state index contributed by atoms with van der Waals surface area (Å²) in [7, 11) is 0. The highest BCUT2D eigenvalue weighted by molar-refractivity contribution is 6.33. The summed E-state index contributed by atoms with van der Waals surface area (Å²) in [5, 5.41) is 0.765. The Balaban J connectivity index is 0.00000121. The number of rotatable bonds is 2. The molecule has 1 aromatic carbocycles. The zero-order chi connectivity index (χ0) is 14.2. The maximum atomic E-state index is 12.4. The molecule has 0 atom stereocenters. The van der Waals surface area contributed by atoms with E-state index in [1.54, 1.807) is 0 Å². The lowest BCUT2D eigenvalue weighted by Gasteiger charge is -2.43. The molecular formula is C15H22Cl3N3O. The highest BCUT2D eigenvalue weighted by atomic mass is 35.5. The largest absolute Gasteiger partial charge is 0.367 e. The fourth-order valence-corrected chi connectivity index (χ4v) is 3.20. The zero-order valence-electron chi connectivity index (χ0n) is 12.3. The van der Waals surface area contributed by atoms with Gasteiger partial charge in [-0.1, -0.05) is 23.7 Å². The summed E-state index contributed by atoms with van der Waals surface area (Å²) in [6.45, 7) is 3.07. The number of halogens is 3. The van der Waals surface area contributed by atoms with Crippen LogP contribution < -0.4 is 10.6 Å². The molecular weight excluding hydrogens is 345 g/mol. The van der Waals surface area contributed by atoms with Crippen LogP contribution in [0.1, 0.15) is 19.3 Å². The normalized spacial score (nSPS) is 19.5. The predicted molar refractivity (Wildman–Crippen MR) is 95.5 cm³/mol. The first-order valence-corrected chi connectivity index (χ1v) is 7.56. The average molecular weight is 367 g/mol. The summed E-state index contributed by atoms with van der Waals surface area (Å²) >= 11 is 6.22. The van der Waals surface area contributed by atoms with Gasteiger partial charge in [0.05, 0.1) is 16.2 Å². The summed E-state index contributed by atoms with van der Waals surface area (Å²) < 4.78 is 0. The van der Waals surface area contributed by atoms with Gasteiger partial charge in [-0.3, -0.25) is 4.79 Å². The average Bonchev–Trinajstić information content (AvgIpc) is 2.45. The number of hydrogen-bond donors (Lipinski definition) is 1. The van der Waals surface area contributed by atoms with Crippen molar-refractivity contribution in [1.82, 2.24) is 4.90 Å². The lowest BCUT2D eigenvalue weighted by molar-refractivity contribution is -0.140. The molecule has 0 unspecified atom stereocenters. The Kier molecular flexibility index (Phi) is 6.81. The Bertz CT molecular complexity index is 515. The number of carbonyl (C=O) groups is 1. The molecule has 1 aromatic rings. The number of anilines is 1. The van der Waals surface area contributed by atoms with E-state index in [1.807, 2.05) is 29.2 Å². The Labute approximate surface area is 148 Å². The molecule has 1 amide bonds. The maximum absolute atomic E-state index is 12.4. The molecule has 0 radical (unpaired) electrons. The summed E-state index contributed by atoms with van der Waals surface area (Å²) in [4.78, 5) is 16.5. The van der Waals surface area contributed by atoms with Crippen molar-refractivity contribution < 1.29 is 4.79 Å². The van der Waals surface area contributed by atoms with Gasteiger partial charge in [-0.05, 0) is 31.4 Å². The van der Waals surface area contributed by atoms with Gasteiger partial charge in [0, 0.05) is 26.2 Å². The van der Waals surface area contributed by atoms with Crippen LogP contribution in [-0.4, -0.2) is 42.5 Å². The fraction of sp³-hybridized carbons (Fsp3) is 0.533. The van der Waals surface area contributed by atoms with Crippen molar-refractivity contribution in [3.05, 3.63) is 29.3 Å². The third-order valence-electron chi connectivity index (χ3n) is 4.43. The minimum Gasteiger partial charge on any atom is -0.367 e. The van der Waals surface area contributed by atoms with E-state index in [9.17, 15) is 4.79 Å². The Hall–Kier alpha value is -0.680. The molecule has 1 aliphatic heterocycles. The number of amides is 1. The van der Waals surface area contributed by atoms with E-state index in [2.05, 4.69) is 4.90 Å². The lowest BCUT2D eigenvalue weighted by atomic mass is 9.76. The third-order valence-corrected chi connectivity index (χ3v) is 4.75. The Morgan fingerprint density at radius 1 is 1.09 bits per heavy atom. The van der Waals surface area contributed by atoms with Gasteiger partial charge < -0.3 is 15.5 Å². The smallest absolute Gasteiger partial charge is 0.242 e. The summed E-state index contributed by atoms with van der Waals surface area (Å²) in [5.41, 5.74) is 6.59. The highest BCUT2D eigenvalue weighted by Gasteiger charge is 2.43. The second-order valence-corrected chi connectivity index (χ2v) is 6.15. The van der Waals surface area contributed by atoms with E-state index in [4.69, 9.17) is 17.3 Å². The molecule has 1 saturated heterocycles. The van der Waals surface area contributed by atoms with Crippen molar-refractivity contribution in [2.24, 2.45) is 5.73 Å². The van der Waals surface area contributed by atoms with Crippen LogP contribution in [0.5, 0.6) is 0 Å². The molecule has 4 nitrogen and oxygen atoms in total. The molecule has 0 aromatic heterocycles. The molecule has 2 aliphatic rings. The molecule has 7 heteroatoms. The maximum Gasteiger partial charge on any atom is 0.242 e. The number of nitrogens with zero attached hydrogens (tertiary/aromatic N) is 2. The van der Waals surface area contributed by atoms with Gasteiger partial charge in [0.1, 0.15) is 0 Å². The number of hydrogen-bond acceptors (Lipinski definition) is 3. The molecule has 22 heavy (non-hydrogen) atoms. The van der Waals surface area contributed by atoms with E-state index in [-0.39, 0.29) is 30.7 Å². The Morgan fingerprint density at radius 3 is 2.18 bits per heavy atom. The van der Waals surface area contributed by atoms with Crippen molar-refractivity contribution in [3.63, 3.8) is 0 Å². The topological polar surface area (TPSA) is 49.6 Å². The molecule has 3 rings (SSSR count). The molecule has 1 aliphatic carbocycles. The van der Waals surface area contributed by atoms with Crippen LogP contribution in [0.3, 0.4) is 0 Å². The summed E-state index contributed by atoms with van der Waals surface area (Å²) in [5.74, 6) is 0.127. The highest BCUT2D eigenvalue weighted by Crippen LogP contribution is 2.32. The van der Waals surface area contributed by atoms with Crippen molar-refractivity contribution in [2.75, 3.05) is 31.1 Å². The van der Waals surface area contributed by atoms with Gasteiger partial charge in [-0.25, -0.2) is 0 Å². The summed E-state index contributed by atoms with van der Waals surface area (Å²) in [6.07, 6.45) is 2.73. The fourth-order valence-electron chi connectivity index (χ4n) is 2.95. The standard InChI is InChI=1S/C15H20ClN3O.2ClH/c16-12-4-1-2-5-13(12)18-8-10-19(11-9-18)14(20)15(17)6-3-7-15;;/h1-2,4-5H,3,6-11,17H2;2*1H. The third kappa shape index (κ3) is 3.62. The van der Waals surface area contributed by atoms with Crippen LogP contribution in [0.25, 0.3) is 0 Å². The van der Waals surface area contributed by atoms with Crippen molar-refractivity contribution in [2.45, 2.75) is 24.8 Å². The van der Waals surface area contributed by atoms with Crippen LogP contribution in [0, 0.1) is 0 Å². The molecule has 0 spiro atoms. The molecule has 0 bridgehead atoms. The molecule has 1 heterocycles. The number of piperazine rings is 1. The predicted octanol–water partition coefficient (Wildman–Crippen LogP) is 2.71. The number of para-hydroxylation sites is 1. The van der Waals surface area contributed by atoms with E-state index in [0.717, 1.165) is 56.2 Å². The van der Waals surface area contributed by atoms with Gasteiger partial charge in [0.15, 0.2) is 0 Å². The number of benzene rings is 1. The monoisotopic (exact) mass is 365 g/mol. The number of carbonyl (C=O) groups excluding carboxylic acids is 1. The van der Waals surface area contributed by atoms with Crippen LogP contribution in [0.15, 0.2) is 24.3 Å². The van der Waals surface area contributed by atoms with Crippen LogP contribution in [0.2, 0.25) is 5.02 Å². The quantitative estimate of drug-likeness (QED) is 0.875. The van der Waals surface area contributed by atoms with Gasteiger partial charge >= 0.3 is 0 Å². The van der Waals surface area contributed by atoms with Crippen molar-refractivity contribution in [1.29, 1.82) is 0 Å². The minimum absolute atomic E-state index is 0. The second kappa shape index (κ2) is 7.73. The van der Waals surface area contributed by atoms with Crippen LogP contribution in [0.4, 0.5) is 5.69 Å². The van der Waals surface area contributed by atoms with Crippen molar-refractivity contribution >= 4 is 48.0 Å². The SMILES string of the molecule is Cl.Cl.NC1(C(=O)N2CCN(c3ccccc3Cl)CC2)CCC1. The van der Waals surface area contributed by atoms with E-state index >= 15 is 0 Å². The zero-order valence-corrected chi connectivity index (χ0v) is 14.7. The molecule has 2 N–H and O–H groups in total. The van der Waals surface area contributed by atoms with E-state index in [1.165, 1.54) is 0 Å². The Morgan fingerprint density at radius 2 is 1.68 bits per heavy atom. The second-order valence-electron chi connectivity index (χ2n) is 5.74. The van der Waals surface area contributed by atoms with Gasteiger partial charge in [-0.2, -0.15) is 0 Å². The first kappa shape index (κ1) is 19.4.